The van der Waals surface area contributed by atoms with Crippen molar-refractivity contribution in [1.82, 2.24) is 9.97 Å². The number of fused-ring (bicyclic) bond motifs is 1. The van der Waals surface area contributed by atoms with E-state index >= 15 is 0 Å². The van der Waals surface area contributed by atoms with Crippen LogP contribution in [-0.2, 0) is 4.79 Å². The number of nitrogens with zero attached hydrogens (tertiary/aromatic N) is 3. The average molecular weight is 349 g/mol. The summed E-state index contributed by atoms with van der Waals surface area (Å²) in [5.74, 6) is 0.442. The van der Waals surface area contributed by atoms with Crippen LogP contribution in [-0.4, -0.2) is 21.9 Å². The van der Waals surface area contributed by atoms with Crippen molar-refractivity contribution in [2.24, 2.45) is 0 Å². The van der Waals surface area contributed by atoms with Crippen LogP contribution in [0.5, 0.6) is 0 Å². The number of benzene rings is 2. The van der Waals surface area contributed by atoms with Gasteiger partial charge in [-0.2, -0.15) is 5.26 Å². The largest absolute Gasteiger partial charge is 0.358 e. The maximum Gasteiger partial charge on any atom is 0.246 e. The zero-order chi connectivity index (χ0) is 17.6. The highest BCUT2D eigenvalue weighted by molar-refractivity contribution is 8.03. The molecule has 0 spiro atoms. The number of aromatic nitrogens is 2. The van der Waals surface area contributed by atoms with Crippen molar-refractivity contribution < 1.29 is 4.79 Å². The second-order valence-corrected chi connectivity index (χ2v) is 6.17. The smallest absolute Gasteiger partial charge is 0.246 e. The fourth-order valence-corrected chi connectivity index (χ4v) is 2.68. The third kappa shape index (κ3) is 4.05. The number of hydrogen-bond donors (Lipinski definition) is 2. The van der Waals surface area contributed by atoms with Gasteiger partial charge in [0.15, 0.2) is 0 Å². The van der Waals surface area contributed by atoms with Gasteiger partial charge in [-0.15, -0.1) is 0 Å². The lowest BCUT2D eigenvalue weighted by atomic mass is 10.2. The van der Waals surface area contributed by atoms with Crippen LogP contribution >= 0.6 is 11.8 Å². The summed E-state index contributed by atoms with van der Waals surface area (Å²) in [5, 5.41) is 17.5. The lowest BCUT2D eigenvalue weighted by molar-refractivity contribution is -0.116. The van der Waals surface area contributed by atoms with E-state index in [0.717, 1.165) is 27.6 Å². The fraction of sp³-hybridized carbons (Fsp3) is 0.111. The van der Waals surface area contributed by atoms with Crippen molar-refractivity contribution >= 4 is 40.1 Å². The van der Waals surface area contributed by atoms with Crippen LogP contribution in [0.1, 0.15) is 6.92 Å². The topological polar surface area (TPSA) is 90.7 Å². The molecule has 0 saturated heterocycles. The molecule has 0 aliphatic carbocycles. The van der Waals surface area contributed by atoms with Crippen molar-refractivity contribution in [3.8, 4) is 5.40 Å². The van der Waals surface area contributed by atoms with Gasteiger partial charge in [0.1, 0.15) is 23.6 Å². The number of anilines is 2. The molecule has 0 radical (unpaired) electrons. The van der Waals surface area contributed by atoms with Gasteiger partial charge in [0.2, 0.25) is 5.91 Å². The van der Waals surface area contributed by atoms with E-state index in [1.54, 1.807) is 31.2 Å². The summed E-state index contributed by atoms with van der Waals surface area (Å²) in [6.45, 7) is 1.77. The predicted octanol–water partition coefficient (Wildman–Crippen LogP) is 3.64. The summed E-state index contributed by atoms with van der Waals surface area (Å²) in [6.07, 6.45) is 1.47. The maximum atomic E-state index is 12.4. The van der Waals surface area contributed by atoms with E-state index in [-0.39, 0.29) is 5.91 Å². The molecule has 124 valence electrons. The van der Waals surface area contributed by atoms with Crippen molar-refractivity contribution in [2.45, 2.75) is 17.9 Å². The number of hydrogen-bond acceptors (Lipinski definition) is 6. The lowest BCUT2D eigenvalue weighted by Crippen LogP contribution is -2.32. The first-order valence-electron chi connectivity index (χ1n) is 7.60. The number of amides is 1. The van der Waals surface area contributed by atoms with Crippen molar-refractivity contribution in [3.05, 3.63) is 54.9 Å². The van der Waals surface area contributed by atoms with Crippen LogP contribution in [0.15, 0.2) is 59.8 Å². The minimum atomic E-state index is -0.480. The number of carbonyl (C=O) groups excluding carboxylic acids is 1. The summed E-state index contributed by atoms with van der Waals surface area (Å²) in [6, 6.07) is 14.3. The summed E-state index contributed by atoms with van der Waals surface area (Å²) >= 11 is 1.08. The Balaban J connectivity index is 1.69. The summed E-state index contributed by atoms with van der Waals surface area (Å²) < 4.78 is 0. The molecule has 25 heavy (non-hydrogen) atoms. The highest BCUT2D eigenvalue weighted by Crippen LogP contribution is 2.21. The average Bonchev–Trinajstić information content (AvgIpc) is 2.64. The molecule has 3 rings (SSSR count). The van der Waals surface area contributed by atoms with Gasteiger partial charge in [-0.1, -0.05) is 12.1 Å². The predicted molar refractivity (Wildman–Crippen MR) is 99.2 cm³/mol. The highest BCUT2D eigenvalue weighted by atomic mass is 32.2. The molecule has 0 aliphatic heterocycles. The van der Waals surface area contributed by atoms with E-state index in [2.05, 4.69) is 20.6 Å². The monoisotopic (exact) mass is 349 g/mol. The summed E-state index contributed by atoms with van der Waals surface area (Å²) in [4.78, 5) is 21.7. The van der Waals surface area contributed by atoms with E-state index in [4.69, 9.17) is 5.26 Å². The van der Waals surface area contributed by atoms with Gasteiger partial charge in [-0.3, -0.25) is 4.79 Å². The normalized spacial score (nSPS) is 11.5. The number of nitrogens with one attached hydrogen (secondary N) is 2. The Morgan fingerprint density at radius 1 is 1.16 bits per heavy atom. The first kappa shape index (κ1) is 16.7. The number of para-hydroxylation sites is 1. The first-order chi connectivity index (χ1) is 12.2. The summed E-state index contributed by atoms with van der Waals surface area (Å²) in [5.41, 5.74) is 1.49. The zero-order valence-electron chi connectivity index (χ0n) is 13.4. The van der Waals surface area contributed by atoms with Gasteiger partial charge < -0.3 is 10.6 Å². The van der Waals surface area contributed by atoms with Gasteiger partial charge >= 0.3 is 0 Å². The Bertz CT molecular complexity index is 931. The number of thiocyanates is 1. The van der Waals surface area contributed by atoms with E-state index in [1.165, 1.54) is 6.33 Å². The molecule has 1 unspecified atom stereocenters. The Hall–Kier alpha value is -3.11. The molecule has 1 atom stereocenters. The second kappa shape index (κ2) is 7.64. The number of carbonyl (C=O) groups is 1. The highest BCUT2D eigenvalue weighted by Gasteiger charge is 2.15. The van der Waals surface area contributed by atoms with Crippen LogP contribution in [0, 0.1) is 10.7 Å². The molecule has 0 fully saturated rings. The van der Waals surface area contributed by atoms with Gasteiger partial charge in [0, 0.05) is 16.0 Å². The molecule has 7 heteroatoms. The van der Waals surface area contributed by atoms with Crippen LogP contribution in [0.25, 0.3) is 10.9 Å². The van der Waals surface area contributed by atoms with E-state index < -0.39 is 6.04 Å². The van der Waals surface area contributed by atoms with Gasteiger partial charge in [-0.05, 0) is 55.1 Å². The van der Waals surface area contributed by atoms with Crippen molar-refractivity contribution in [1.29, 1.82) is 5.26 Å². The molecule has 6 nitrogen and oxygen atoms in total. The molecule has 1 aromatic heterocycles. The Morgan fingerprint density at radius 2 is 1.92 bits per heavy atom. The lowest BCUT2D eigenvalue weighted by Gasteiger charge is -2.15. The van der Waals surface area contributed by atoms with Crippen LogP contribution < -0.4 is 10.6 Å². The minimum Gasteiger partial charge on any atom is -0.358 e. The van der Waals surface area contributed by atoms with Crippen LogP contribution in [0.2, 0.25) is 0 Å². The molecule has 3 aromatic rings. The SMILES string of the molecule is CC(Nc1ncnc2ccccc12)C(=O)Nc1ccc(SC#N)cc1. The molecular formula is C18H15N5OS. The van der Waals surface area contributed by atoms with Crippen molar-refractivity contribution in [2.75, 3.05) is 10.6 Å². The third-order valence-corrected chi connectivity index (χ3v) is 4.17. The minimum absolute atomic E-state index is 0.177. The molecule has 0 aliphatic rings. The van der Waals surface area contributed by atoms with Gasteiger partial charge in [0.25, 0.3) is 0 Å². The van der Waals surface area contributed by atoms with E-state index in [0.29, 0.717) is 11.5 Å². The maximum absolute atomic E-state index is 12.4. The first-order valence-corrected chi connectivity index (χ1v) is 8.42. The fourth-order valence-electron chi connectivity index (χ4n) is 2.30. The number of rotatable bonds is 5. The summed E-state index contributed by atoms with van der Waals surface area (Å²) in [7, 11) is 0. The standard InChI is InChI=1S/C18H15N5OS/c1-12(18(24)23-13-6-8-14(9-7-13)25-10-19)22-17-15-4-2-3-5-16(15)20-11-21-17/h2-9,11-12H,1H3,(H,23,24)(H,20,21,22). The zero-order valence-corrected chi connectivity index (χ0v) is 14.2. The van der Waals surface area contributed by atoms with Crippen LogP contribution in [0.3, 0.4) is 0 Å². The molecule has 2 aromatic carbocycles. The molecule has 0 bridgehead atoms. The number of thioether (sulfide) groups is 1. The van der Waals surface area contributed by atoms with Gasteiger partial charge in [0.05, 0.1) is 5.52 Å². The molecule has 1 amide bonds. The molecule has 0 saturated carbocycles. The molecule has 2 N–H and O–H groups in total. The Labute approximate surface area is 149 Å². The van der Waals surface area contributed by atoms with E-state index in [1.807, 2.05) is 29.7 Å². The van der Waals surface area contributed by atoms with Crippen LogP contribution in [0.4, 0.5) is 11.5 Å². The second-order valence-electron chi connectivity index (χ2n) is 5.31. The Kier molecular flexibility index (Phi) is 5.11. The quantitative estimate of drug-likeness (QED) is 0.540. The van der Waals surface area contributed by atoms with Gasteiger partial charge in [-0.25, -0.2) is 9.97 Å². The molecule has 1 heterocycles. The Morgan fingerprint density at radius 3 is 2.68 bits per heavy atom. The van der Waals surface area contributed by atoms with E-state index in [9.17, 15) is 4.79 Å². The number of nitriles is 1. The van der Waals surface area contributed by atoms with Crippen molar-refractivity contribution in [3.63, 3.8) is 0 Å². The third-order valence-electron chi connectivity index (χ3n) is 3.57. The molecular weight excluding hydrogens is 334 g/mol.